The number of rotatable bonds is 3. The van der Waals surface area contributed by atoms with Crippen molar-refractivity contribution in [3.8, 4) is 0 Å². The number of aliphatic hydroxyl groups excluding tert-OH is 1. The van der Waals surface area contributed by atoms with E-state index in [9.17, 15) is 19.8 Å². The molecule has 10 heteroatoms. The molecule has 3 fully saturated rings. The number of carbonyl (C=O) groups excluding carboxylic acids is 2. The Morgan fingerprint density at radius 3 is 2.40 bits per heavy atom. The summed E-state index contributed by atoms with van der Waals surface area (Å²) in [7, 11) is 0. The van der Waals surface area contributed by atoms with Crippen molar-refractivity contribution in [2.45, 2.75) is 30.9 Å². The fraction of sp³-hybridized carbons (Fsp3) is 0.520. The zero-order chi connectivity index (χ0) is 24.8. The molecule has 3 aliphatic heterocycles. The van der Waals surface area contributed by atoms with Gasteiger partial charge < -0.3 is 29.6 Å². The number of piperazine rings is 1. The summed E-state index contributed by atoms with van der Waals surface area (Å²) < 4.78 is 5.40. The molecule has 0 radical (unpaired) electrons. The number of ether oxygens (including phenoxy) is 1. The van der Waals surface area contributed by atoms with E-state index in [2.05, 4.69) is 0 Å². The highest BCUT2D eigenvalue weighted by Gasteiger charge is 2.47. The monoisotopic (exact) mass is 521 g/mol. The molecule has 1 aromatic rings. The lowest BCUT2D eigenvalue weighted by Gasteiger charge is -2.49. The Hall–Kier alpha value is -2.26. The van der Waals surface area contributed by atoms with Gasteiger partial charge in [-0.3, -0.25) is 9.59 Å². The minimum atomic E-state index is -1.80. The van der Waals surface area contributed by atoms with Gasteiger partial charge in [0.25, 0.3) is 5.91 Å². The third-order valence-electron chi connectivity index (χ3n) is 7.67. The number of likely N-dealkylation sites (tertiary alicyclic amines) is 1. The van der Waals surface area contributed by atoms with Crippen LogP contribution < -0.4 is 4.90 Å². The maximum Gasteiger partial charge on any atom is 0.259 e. The largest absolute Gasteiger partial charge is 0.508 e. The highest BCUT2D eigenvalue weighted by atomic mass is 35.5. The van der Waals surface area contributed by atoms with Gasteiger partial charge in [0.2, 0.25) is 5.91 Å². The van der Waals surface area contributed by atoms with E-state index in [-0.39, 0.29) is 36.6 Å². The van der Waals surface area contributed by atoms with Crippen LogP contribution in [0.2, 0.25) is 10.0 Å². The fourth-order valence-corrected chi connectivity index (χ4v) is 5.56. The summed E-state index contributed by atoms with van der Waals surface area (Å²) >= 11 is 12.3. The van der Waals surface area contributed by atoms with Gasteiger partial charge in [-0.1, -0.05) is 23.2 Å². The van der Waals surface area contributed by atoms with Crippen molar-refractivity contribution in [1.82, 2.24) is 9.80 Å². The first-order chi connectivity index (χ1) is 16.7. The zero-order valence-electron chi connectivity index (χ0n) is 19.3. The van der Waals surface area contributed by atoms with E-state index >= 15 is 0 Å². The predicted molar refractivity (Wildman–Crippen MR) is 133 cm³/mol. The second kappa shape index (κ2) is 9.32. The number of halogens is 2. The molecule has 0 aromatic heterocycles. The van der Waals surface area contributed by atoms with E-state index in [1.807, 2.05) is 15.9 Å². The van der Waals surface area contributed by atoms with Crippen LogP contribution in [0.5, 0.6) is 0 Å². The van der Waals surface area contributed by atoms with Crippen LogP contribution in [-0.2, 0) is 14.3 Å². The van der Waals surface area contributed by atoms with Gasteiger partial charge in [-0.05, 0) is 49.3 Å². The van der Waals surface area contributed by atoms with Gasteiger partial charge in [0, 0.05) is 50.2 Å². The molecule has 35 heavy (non-hydrogen) atoms. The Balaban J connectivity index is 1.38. The average Bonchev–Trinajstić information content (AvgIpc) is 2.85. The van der Waals surface area contributed by atoms with Crippen molar-refractivity contribution in [1.29, 1.82) is 0 Å². The lowest BCUT2D eigenvalue weighted by Crippen LogP contribution is -2.65. The van der Waals surface area contributed by atoms with Gasteiger partial charge in [0.15, 0.2) is 5.60 Å². The molecule has 0 saturated carbocycles. The van der Waals surface area contributed by atoms with Crippen LogP contribution >= 0.6 is 23.2 Å². The van der Waals surface area contributed by atoms with Crippen molar-refractivity contribution < 1.29 is 24.5 Å². The average molecular weight is 522 g/mol. The third kappa shape index (κ3) is 4.65. The molecule has 1 aromatic carbocycles. The van der Waals surface area contributed by atoms with Crippen molar-refractivity contribution in [3.05, 3.63) is 52.2 Å². The van der Waals surface area contributed by atoms with Crippen LogP contribution in [0.4, 0.5) is 5.69 Å². The van der Waals surface area contributed by atoms with E-state index in [1.165, 1.54) is 23.1 Å². The first-order valence-corrected chi connectivity index (χ1v) is 12.6. The van der Waals surface area contributed by atoms with E-state index in [0.717, 1.165) is 31.7 Å². The van der Waals surface area contributed by atoms with Crippen LogP contribution in [-0.4, -0.2) is 89.4 Å². The summed E-state index contributed by atoms with van der Waals surface area (Å²) in [5, 5.41) is 21.6. The molecular weight excluding hydrogens is 493 g/mol. The van der Waals surface area contributed by atoms with Crippen molar-refractivity contribution in [3.63, 3.8) is 0 Å². The summed E-state index contributed by atoms with van der Waals surface area (Å²) in [6.07, 6.45) is 5.74. The maximum atomic E-state index is 13.8. The lowest BCUT2D eigenvalue weighted by molar-refractivity contribution is -0.162. The zero-order valence-corrected chi connectivity index (χ0v) is 20.8. The number of hydrogen-bond acceptors (Lipinski definition) is 6. The molecule has 188 valence electrons. The number of allylic oxidation sites excluding steroid dienone is 1. The normalized spacial score (nSPS) is 28.0. The Bertz CT molecular complexity index is 1080. The molecule has 4 aliphatic rings. The molecule has 3 heterocycles. The van der Waals surface area contributed by atoms with Crippen LogP contribution in [0.25, 0.3) is 0 Å². The quantitative estimate of drug-likeness (QED) is 0.635. The van der Waals surface area contributed by atoms with Gasteiger partial charge in [-0.15, -0.1) is 0 Å². The van der Waals surface area contributed by atoms with E-state index < -0.39 is 17.6 Å². The molecule has 2 N–H and O–H groups in total. The maximum absolute atomic E-state index is 13.8. The lowest BCUT2D eigenvalue weighted by atomic mass is 9.76. The minimum absolute atomic E-state index is 0.00163. The van der Waals surface area contributed by atoms with Gasteiger partial charge in [0.05, 0.1) is 23.3 Å². The Kier molecular flexibility index (Phi) is 6.50. The van der Waals surface area contributed by atoms with Gasteiger partial charge >= 0.3 is 0 Å². The molecule has 8 nitrogen and oxygen atoms in total. The third-order valence-corrected chi connectivity index (χ3v) is 8.41. The second-order valence-corrected chi connectivity index (χ2v) is 10.8. The van der Waals surface area contributed by atoms with Crippen LogP contribution in [0, 0.1) is 5.41 Å². The summed E-state index contributed by atoms with van der Waals surface area (Å²) in [5.74, 6) is -0.660. The number of aliphatic hydroxyl groups is 2. The summed E-state index contributed by atoms with van der Waals surface area (Å²) in [6.45, 7) is 3.72. The van der Waals surface area contributed by atoms with E-state index in [4.69, 9.17) is 27.9 Å². The molecule has 3 saturated heterocycles. The predicted octanol–water partition coefficient (Wildman–Crippen LogP) is 2.78. The minimum Gasteiger partial charge on any atom is -0.508 e. The first-order valence-electron chi connectivity index (χ1n) is 11.9. The van der Waals surface area contributed by atoms with Crippen molar-refractivity contribution >= 4 is 40.7 Å². The molecule has 2 atom stereocenters. The Morgan fingerprint density at radius 1 is 1.06 bits per heavy atom. The summed E-state index contributed by atoms with van der Waals surface area (Å²) in [4.78, 5) is 32.7. The van der Waals surface area contributed by atoms with Crippen molar-refractivity contribution in [2.75, 3.05) is 50.8 Å². The van der Waals surface area contributed by atoms with Crippen LogP contribution in [0.15, 0.2) is 42.2 Å². The highest BCUT2D eigenvalue weighted by molar-refractivity contribution is 6.42. The van der Waals surface area contributed by atoms with E-state index in [0.29, 0.717) is 29.7 Å². The highest BCUT2D eigenvalue weighted by Crippen LogP contribution is 2.39. The van der Waals surface area contributed by atoms with E-state index in [1.54, 1.807) is 12.1 Å². The number of benzene rings is 1. The number of nitrogens with zero attached hydrogens (tertiary/aromatic N) is 3. The number of piperidine rings is 1. The molecule has 2 unspecified atom stereocenters. The molecule has 5 rings (SSSR count). The second-order valence-electron chi connectivity index (χ2n) is 9.97. The number of anilines is 1. The molecule has 0 bridgehead atoms. The van der Waals surface area contributed by atoms with Crippen LogP contribution in [0.3, 0.4) is 0 Å². The van der Waals surface area contributed by atoms with Crippen LogP contribution in [0.1, 0.15) is 19.3 Å². The number of hydrogen-bond donors (Lipinski definition) is 2. The van der Waals surface area contributed by atoms with Crippen molar-refractivity contribution in [2.24, 2.45) is 5.41 Å². The number of carbonyl (C=O) groups is 2. The van der Waals surface area contributed by atoms with Gasteiger partial charge in [-0.2, -0.15) is 0 Å². The SMILES string of the molecule is O=C(C1CN(c2ccc(Cl)c(Cl)c2)CCN1C(=O)C1(O)C=CC(O)=CC1)N1CCC2(CC1)COC2. The van der Waals surface area contributed by atoms with Gasteiger partial charge in [-0.25, -0.2) is 0 Å². The molecule has 1 aliphatic carbocycles. The topological polar surface area (TPSA) is 93.6 Å². The Morgan fingerprint density at radius 2 is 1.80 bits per heavy atom. The number of amides is 2. The standard InChI is InChI=1S/C25H29Cl2N3O5/c26-19-2-1-17(13-20(19)27)29-11-12-30(23(33)25(34)5-3-18(31)4-6-25)21(14-29)22(32)28-9-7-24(8-10-28)15-35-16-24/h1-5,13,21,31,34H,6-12,14-16H2. The Labute approximate surface area is 214 Å². The molecular formula is C25H29Cl2N3O5. The van der Waals surface area contributed by atoms with Gasteiger partial charge in [0.1, 0.15) is 11.8 Å². The fourth-order valence-electron chi connectivity index (χ4n) is 5.27. The first kappa shape index (κ1) is 24.4. The summed E-state index contributed by atoms with van der Waals surface area (Å²) in [5.41, 5.74) is -0.801. The smallest absolute Gasteiger partial charge is 0.259 e. The molecule has 2 amide bonds. The summed E-state index contributed by atoms with van der Waals surface area (Å²) in [6, 6.07) is 4.55. The molecule has 1 spiro atoms.